The van der Waals surface area contributed by atoms with Gasteiger partial charge in [-0.25, -0.2) is 4.79 Å². The minimum atomic E-state index is -1.60. The van der Waals surface area contributed by atoms with E-state index in [2.05, 4.69) is 5.32 Å². The highest BCUT2D eigenvalue weighted by Crippen LogP contribution is 2.26. The van der Waals surface area contributed by atoms with Crippen LogP contribution in [0.5, 0.6) is 0 Å². The van der Waals surface area contributed by atoms with Crippen molar-refractivity contribution in [3.8, 4) is 0 Å². The second kappa shape index (κ2) is 14.3. The fourth-order valence-corrected chi connectivity index (χ4v) is 3.16. The minimum Gasteiger partial charge on any atom is -0.389 e. The molecule has 4 unspecified atom stereocenters. The number of rotatable bonds is 15. The molecule has 9 nitrogen and oxygen atoms in total. The SMILES string of the molecule is CCOC(C[SiH3])C(OCC)(OCC)OC(=O)NC(C)OC(C)OC(C)OC. The van der Waals surface area contributed by atoms with E-state index in [1.807, 2.05) is 6.92 Å². The highest BCUT2D eigenvalue weighted by atomic mass is 28.1. The number of ether oxygens (including phenoxy) is 7. The molecule has 0 aliphatic heterocycles. The van der Waals surface area contributed by atoms with Gasteiger partial charge in [-0.15, -0.1) is 0 Å². The van der Waals surface area contributed by atoms with Crippen LogP contribution in [0.2, 0.25) is 6.04 Å². The van der Waals surface area contributed by atoms with Crippen LogP contribution in [0, 0.1) is 0 Å². The summed E-state index contributed by atoms with van der Waals surface area (Å²) in [6, 6.07) is 0.674. The quantitative estimate of drug-likeness (QED) is 0.319. The lowest BCUT2D eigenvalue weighted by atomic mass is 10.3. The van der Waals surface area contributed by atoms with E-state index in [-0.39, 0.29) is 0 Å². The normalized spacial score (nSPS) is 16.6. The maximum atomic E-state index is 12.4. The predicted octanol–water partition coefficient (Wildman–Crippen LogP) is 1.35. The largest absolute Gasteiger partial charge is 0.413 e. The number of amides is 1. The monoisotopic (exact) mass is 411 g/mol. The highest BCUT2D eigenvalue weighted by molar-refractivity contribution is 6.08. The number of carbonyl (C=O) groups excluding carboxylic acids is 1. The molecule has 0 bridgehead atoms. The lowest BCUT2D eigenvalue weighted by Gasteiger charge is -2.37. The molecule has 1 amide bonds. The zero-order valence-corrected chi connectivity index (χ0v) is 19.9. The van der Waals surface area contributed by atoms with Crippen molar-refractivity contribution in [2.75, 3.05) is 26.9 Å². The molecular formula is C17H37NO8Si. The van der Waals surface area contributed by atoms with Gasteiger partial charge in [-0.1, -0.05) is 0 Å². The Morgan fingerprint density at radius 3 is 2.04 bits per heavy atom. The van der Waals surface area contributed by atoms with Crippen molar-refractivity contribution in [2.24, 2.45) is 0 Å². The number of hydrogen-bond acceptors (Lipinski definition) is 8. The van der Waals surface area contributed by atoms with E-state index in [1.54, 1.807) is 34.6 Å². The third-order valence-corrected chi connectivity index (χ3v) is 4.23. The van der Waals surface area contributed by atoms with Crippen LogP contribution >= 0.6 is 0 Å². The first-order valence-electron chi connectivity index (χ1n) is 9.51. The molecule has 0 heterocycles. The van der Waals surface area contributed by atoms with Gasteiger partial charge in [0.05, 0.1) is 13.2 Å². The van der Waals surface area contributed by atoms with Crippen molar-refractivity contribution >= 4 is 16.3 Å². The molecule has 0 aliphatic rings. The van der Waals surface area contributed by atoms with E-state index in [0.29, 0.717) is 25.9 Å². The third-order valence-electron chi connectivity index (χ3n) is 3.49. The molecule has 0 spiro atoms. The molecule has 10 heteroatoms. The second-order valence-corrected chi connectivity index (χ2v) is 6.46. The zero-order valence-electron chi connectivity index (χ0n) is 17.9. The standard InChI is InChI=1S/C17H37NO8Si/c1-8-21-15(11-27)17(22-9-2,23-10-3)26-16(19)18-12(4)24-14(6)25-13(5)20-7/h12-15H,8-11H2,1-7,27H3,(H,18,19). The van der Waals surface area contributed by atoms with Crippen molar-refractivity contribution in [3.63, 3.8) is 0 Å². The van der Waals surface area contributed by atoms with Gasteiger partial charge in [-0.05, 0) is 47.6 Å². The minimum absolute atomic E-state index is 0.296. The van der Waals surface area contributed by atoms with E-state index < -0.39 is 37.0 Å². The summed E-state index contributed by atoms with van der Waals surface area (Å²) in [5.74, 6) is -1.60. The Morgan fingerprint density at radius 1 is 1.00 bits per heavy atom. The molecular weight excluding hydrogens is 374 g/mol. The Balaban J connectivity index is 4.96. The molecule has 0 saturated heterocycles. The first-order chi connectivity index (χ1) is 12.8. The van der Waals surface area contributed by atoms with Crippen molar-refractivity contribution in [1.82, 2.24) is 5.32 Å². The van der Waals surface area contributed by atoms with Crippen molar-refractivity contribution in [3.05, 3.63) is 0 Å². The summed E-state index contributed by atoms with van der Waals surface area (Å²) in [5, 5.41) is 2.59. The molecule has 0 aromatic carbocycles. The fraction of sp³-hybridized carbons (Fsp3) is 0.941. The highest BCUT2D eigenvalue weighted by Gasteiger charge is 2.45. The summed E-state index contributed by atoms with van der Waals surface area (Å²) in [7, 11) is 2.36. The first kappa shape index (κ1) is 26.2. The van der Waals surface area contributed by atoms with Gasteiger partial charge in [0.15, 0.2) is 12.6 Å². The molecule has 162 valence electrons. The summed E-state index contributed by atoms with van der Waals surface area (Å²) >= 11 is 0. The molecule has 0 aromatic rings. The van der Waals surface area contributed by atoms with E-state index in [4.69, 9.17) is 33.2 Å². The molecule has 0 radical (unpaired) electrons. The van der Waals surface area contributed by atoms with E-state index in [0.717, 1.165) is 10.2 Å². The topological polar surface area (TPSA) is 93.7 Å². The summed E-state index contributed by atoms with van der Waals surface area (Å²) in [5.41, 5.74) is 0. The first-order valence-corrected chi connectivity index (χ1v) is 10.9. The molecule has 0 fully saturated rings. The van der Waals surface area contributed by atoms with Crippen LogP contribution in [0.1, 0.15) is 41.5 Å². The predicted molar refractivity (Wildman–Crippen MR) is 103 cm³/mol. The van der Waals surface area contributed by atoms with Crippen LogP contribution in [0.15, 0.2) is 0 Å². The summed E-state index contributed by atoms with van der Waals surface area (Å²) < 4.78 is 38.6. The molecule has 0 aromatic heterocycles. The van der Waals surface area contributed by atoms with Crippen LogP contribution in [-0.4, -0.2) is 74.2 Å². The van der Waals surface area contributed by atoms with Gasteiger partial charge in [-0.3, -0.25) is 5.32 Å². The lowest BCUT2D eigenvalue weighted by molar-refractivity contribution is -0.390. The van der Waals surface area contributed by atoms with Crippen molar-refractivity contribution in [2.45, 2.75) is 78.5 Å². The van der Waals surface area contributed by atoms with Gasteiger partial charge in [0.1, 0.15) is 12.3 Å². The summed E-state index contributed by atoms with van der Waals surface area (Å²) in [6.45, 7) is 11.6. The zero-order chi connectivity index (χ0) is 20.9. The van der Waals surface area contributed by atoms with Gasteiger partial charge in [0, 0.05) is 24.0 Å². The molecule has 1 N–H and O–H groups in total. The van der Waals surface area contributed by atoms with Crippen LogP contribution in [0.25, 0.3) is 0 Å². The van der Waals surface area contributed by atoms with E-state index >= 15 is 0 Å². The van der Waals surface area contributed by atoms with Crippen LogP contribution < -0.4 is 5.32 Å². The molecule has 4 atom stereocenters. The maximum Gasteiger partial charge on any atom is 0.413 e. The number of nitrogens with one attached hydrogen (secondary N) is 1. The Labute approximate surface area is 165 Å². The average molecular weight is 412 g/mol. The molecule has 0 saturated carbocycles. The van der Waals surface area contributed by atoms with Crippen LogP contribution in [0.4, 0.5) is 4.79 Å². The Kier molecular flexibility index (Phi) is 13.9. The van der Waals surface area contributed by atoms with Gasteiger partial charge in [-0.2, -0.15) is 0 Å². The van der Waals surface area contributed by atoms with Crippen LogP contribution in [-0.2, 0) is 33.2 Å². The van der Waals surface area contributed by atoms with Gasteiger partial charge >= 0.3 is 12.1 Å². The number of carbonyl (C=O) groups is 1. The molecule has 0 rings (SSSR count). The third kappa shape index (κ3) is 9.83. The Bertz CT molecular complexity index is 395. The summed E-state index contributed by atoms with van der Waals surface area (Å²) in [4.78, 5) is 12.4. The van der Waals surface area contributed by atoms with E-state index in [1.165, 1.54) is 7.11 Å². The molecule has 27 heavy (non-hydrogen) atoms. The fourth-order valence-electron chi connectivity index (χ4n) is 2.43. The average Bonchev–Trinajstić information content (AvgIpc) is 2.59. The lowest BCUT2D eigenvalue weighted by Crippen LogP contribution is -2.54. The van der Waals surface area contributed by atoms with Gasteiger partial charge in [0.25, 0.3) is 0 Å². The smallest absolute Gasteiger partial charge is 0.389 e. The Morgan fingerprint density at radius 2 is 1.59 bits per heavy atom. The Hall–Kier alpha value is -0.753. The van der Waals surface area contributed by atoms with E-state index in [9.17, 15) is 4.79 Å². The number of methoxy groups -OCH3 is 1. The van der Waals surface area contributed by atoms with Crippen molar-refractivity contribution < 1.29 is 38.0 Å². The number of alkyl carbamates (subject to hydrolysis) is 1. The van der Waals surface area contributed by atoms with Crippen molar-refractivity contribution in [1.29, 1.82) is 0 Å². The van der Waals surface area contributed by atoms with Gasteiger partial charge < -0.3 is 33.2 Å². The maximum absolute atomic E-state index is 12.4. The van der Waals surface area contributed by atoms with Gasteiger partial charge in [0.2, 0.25) is 0 Å². The molecule has 0 aliphatic carbocycles. The number of hydrogen-bond donors (Lipinski definition) is 1. The summed E-state index contributed by atoms with van der Waals surface area (Å²) in [6.07, 6.45) is -2.93. The van der Waals surface area contributed by atoms with Crippen LogP contribution in [0.3, 0.4) is 0 Å². The second-order valence-electron chi connectivity index (χ2n) is 5.64.